The monoisotopic (exact) mass is 449 g/mol. The highest BCUT2D eigenvalue weighted by atomic mass is 32.1. The molecule has 162 valence electrons. The molecular formula is C24H20FN3O3S. The number of para-hydroxylation sites is 1. The quantitative estimate of drug-likeness (QED) is 0.480. The number of rotatable bonds is 3. The van der Waals surface area contributed by atoms with Gasteiger partial charge in [-0.2, -0.15) is 0 Å². The topological polar surface area (TPSA) is 64.3 Å². The van der Waals surface area contributed by atoms with Gasteiger partial charge in [0, 0.05) is 12.2 Å². The lowest BCUT2D eigenvalue weighted by molar-refractivity contribution is -0.119. The fourth-order valence-corrected chi connectivity index (χ4v) is 5.16. The average molecular weight is 450 g/mol. The molecule has 0 radical (unpaired) electrons. The summed E-state index contributed by atoms with van der Waals surface area (Å²) in [6.45, 7) is 2.03. The SMILES string of the molecule is Cc1cc(F)ccc1-n1c(=O)c2sccc2n(CC(=O)N2CCCc3ccccc32)c1=O. The minimum absolute atomic E-state index is 0.194. The highest BCUT2D eigenvalue weighted by Crippen LogP contribution is 2.27. The fraction of sp³-hybridized carbons (Fsp3) is 0.208. The van der Waals surface area contributed by atoms with Gasteiger partial charge in [-0.1, -0.05) is 18.2 Å². The summed E-state index contributed by atoms with van der Waals surface area (Å²) in [6, 6.07) is 13.4. The van der Waals surface area contributed by atoms with Crippen LogP contribution in [0.15, 0.2) is 63.5 Å². The van der Waals surface area contributed by atoms with Gasteiger partial charge in [0.2, 0.25) is 5.91 Å². The van der Waals surface area contributed by atoms with E-state index in [1.54, 1.807) is 23.3 Å². The Hall–Kier alpha value is -3.52. The number of anilines is 1. The van der Waals surface area contributed by atoms with E-state index in [1.165, 1.54) is 34.1 Å². The number of aromatic nitrogens is 2. The van der Waals surface area contributed by atoms with Gasteiger partial charge in [0.1, 0.15) is 17.1 Å². The van der Waals surface area contributed by atoms with E-state index in [0.29, 0.717) is 28.0 Å². The highest BCUT2D eigenvalue weighted by molar-refractivity contribution is 7.17. The minimum Gasteiger partial charge on any atom is -0.311 e. The largest absolute Gasteiger partial charge is 0.336 e. The second kappa shape index (κ2) is 7.87. The first-order chi connectivity index (χ1) is 15.5. The summed E-state index contributed by atoms with van der Waals surface area (Å²) < 4.78 is 16.4. The maximum Gasteiger partial charge on any atom is 0.336 e. The zero-order valence-electron chi connectivity index (χ0n) is 17.4. The third kappa shape index (κ3) is 3.27. The second-order valence-electron chi connectivity index (χ2n) is 7.85. The first-order valence-corrected chi connectivity index (χ1v) is 11.2. The summed E-state index contributed by atoms with van der Waals surface area (Å²) in [4.78, 5) is 41.6. The molecule has 0 fully saturated rings. The van der Waals surface area contributed by atoms with Crippen LogP contribution in [0.4, 0.5) is 10.1 Å². The van der Waals surface area contributed by atoms with E-state index in [2.05, 4.69) is 0 Å². The molecule has 0 unspecified atom stereocenters. The van der Waals surface area contributed by atoms with Crippen molar-refractivity contribution in [2.75, 3.05) is 11.4 Å². The van der Waals surface area contributed by atoms with Crippen LogP contribution < -0.4 is 16.1 Å². The molecule has 32 heavy (non-hydrogen) atoms. The normalized spacial score (nSPS) is 13.4. The molecule has 6 nitrogen and oxygen atoms in total. The van der Waals surface area contributed by atoms with Crippen molar-refractivity contribution in [3.63, 3.8) is 0 Å². The van der Waals surface area contributed by atoms with Crippen LogP contribution in [0.5, 0.6) is 0 Å². The number of thiophene rings is 1. The summed E-state index contributed by atoms with van der Waals surface area (Å²) in [7, 11) is 0. The molecule has 0 saturated carbocycles. The lowest BCUT2D eigenvalue weighted by atomic mass is 10.0. The zero-order chi connectivity index (χ0) is 22.4. The Kier molecular flexibility index (Phi) is 5.01. The molecule has 0 N–H and O–H groups in total. The first kappa shape index (κ1) is 20.4. The van der Waals surface area contributed by atoms with Crippen molar-refractivity contribution in [1.82, 2.24) is 9.13 Å². The lowest BCUT2D eigenvalue weighted by Gasteiger charge is -2.29. The number of benzene rings is 2. The van der Waals surface area contributed by atoms with E-state index in [0.717, 1.165) is 28.7 Å². The highest BCUT2D eigenvalue weighted by Gasteiger charge is 2.25. The van der Waals surface area contributed by atoms with Crippen LogP contribution in [0, 0.1) is 12.7 Å². The second-order valence-corrected chi connectivity index (χ2v) is 8.77. The van der Waals surface area contributed by atoms with Crippen molar-refractivity contribution in [1.29, 1.82) is 0 Å². The van der Waals surface area contributed by atoms with Crippen molar-refractivity contribution < 1.29 is 9.18 Å². The first-order valence-electron chi connectivity index (χ1n) is 10.3. The molecule has 0 atom stereocenters. The Morgan fingerprint density at radius 1 is 1.09 bits per heavy atom. The number of carbonyl (C=O) groups is 1. The maximum absolute atomic E-state index is 13.6. The van der Waals surface area contributed by atoms with E-state index in [4.69, 9.17) is 0 Å². The van der Waals surface area contributed by atoms with Crippen LogP contribution in [0.3, 0.4) is 0 Å². The molecule has 0 bridgehead atoms. The Morgan fingerprint density at radius 3 is 2.72 bits per heavy atom. The molecule has 1 aliphatic heterocycles. The fourth-order valence-electron chi connectivity index (χ4n) is 4.34. The van der Waals surface area contributed by atoms with Crippen molar-refractivity contribution in [2.45, 2.75) is 26.3 Å². The van der Waals surface area contributed by atoms with Gasteiger partial charge in [0.05, 0.1) is 11.2 Å². The van der Waals surface area contributed by atoms with Gasteiger partial charge in [-0.05, 0) is 66.6 Å². The predicted molar refractivity (Wildman–Crippen MR) is 123 cm³/mol. The maximum atomic E-state index is 13.6. The summed E-state index contributed by atoms with van der Waals surface area (Å²) in [5, 5.41) is 1.73. The number of hydrogen-bond acceptors (Lipinski definition) is 4. The molecule has 2 aromatic carbocycles. The van der Waals surface area contributed by atoms with Gasteiger partial charge in [-0.25, -0.2) is 13.8 Å². The summed E-state index contributed by atoms with van der Waals surface area (Å²) in [5.41, 5.74) is 2.08. The van der Waals surface area contributed by atoms with Crippen molar-refractivity contribution >= 4 is 33.1 Å². The van der Waals surface area contributed by atoms with Crippen molar-refractivity contribution in [3.8, 4) is 5.69 Å². The predicted octanol–water partition coefficient (Wildman–Crippen LogP) is 3.64. The molecule has 1 amide bonds. The number of halogens is 1. The summed E-state index contributed by atoms with van der Waals surface area (Å²) >= 11 is 1.21. The standard InChI is InChI=1S/C24H20FN3O3S/c1-15-13-17(25)8-9-18(15)28-23(30)22-20(10-12-32-22)27(24(28)31)14-21(29)26-11-4-6-16-5-2-3-7-19(16)26/h2-3,5,7-10,12-13H,4,6,11,14H2,1H3. The Bertz CT molecular complexity index is 1480. The van der Waals surface area contributed by atoms with Crippen molar-refractivity contribution in [2.24, 2.45) is 0 Å². The van der Waals surface area contributed by atoms with Gasteiger partial charge in [0.15, 0.2) is 0 Å². The molecule has 3 heterocycles. The van der Waals surface area contributed by atoms with Gasteiger partial charge >= 0.3 is 5.69 Å². The number of fused-ring (bicyclic) bond motifs is 2. The number of carbonyl (C=O) groups excluding carboxylic acids is 1. The molecule has 0 spiro atoms. The van der Waals surface area contributed by atoms with Crippen LogP contribution in [-0.2, 0) is 17.8 Å². The minimum atomic E-state index is -0.616. The molecular weight excluding hydrogens is 429 g/mol. The van der Waals surface area contributed by atoms with Gasteiger partial charge in [-0.15, -0.1) is 11.3 Å². The molecule has 1 aliphatic rings. The van der Waals surface area contributed by atoms with Gasteiger partial charge in [0.25, 0.3) is 5.56 Å². The zero-order valence-corrected chi connectivity index (χ0v) is 18.2. The third-order valence-corrected chi connectivity index (χ3v) is 6.75. The van der Waals surface area contributed by atoms with E-state index in [9.17, 15) is 18.8 Å². The molecule has 2 aromatic heterocycles. The number of aryl methyl sites for hydroxylation is 2. The third-order valence-electron chi connectivity index (χ3n) is 5.86. The van der Waals surface area contributed by atoms with Crippen LogP contribution >= 0.6 is 11.3 Å². The van der Waals surface area contributed by atoms with Crippen LogP contribution in [-0.4, -0.2) is 21.6 Å². The Labute approximate surface area is 186 Å². The lowest BCUT2D eigenvalue weighted by Crippen LogP contribution is -2.44. The molecule has 0 saturated heterocycles. The molecule has 5 rings (SSSR count). The molecule has 8 heteroatoms. The molecule has 4 aromatic rings. The van der Waals surface area contributed by atoms with Gasteiger partial charge < -0.3 is 4.90 Å². The Morgan fingerprint density at radius 2 is 1.91 bits per heavy atom. The summed E-state index contributed by atoms with van der Waals surface area (Å²) in [5.74, 6) is -0.663. The summed E-state index contributed by atoms with van der Waals surface area (Å²) in [6.07, 6.45) is 1.75. The van der Waals surface area contributed by atoms with Crippen LogP contribution in [0.25, 0.3) is 15.9 Å². The smallest absolute Gasteiger partial charge is 0.311 e. The average Bonchev–Trinajstić information content (AvgIpc) is 3.28. The van der Waals surface area contributed by atoms with E-state index in [1.807, 2.05) is 24.3 Å². The van der Waals surface area contributed by atoms with E-state index in [-0.39, 0.29) is 12.5 Å². The Balaban J connectivity index is 1.64. The van der Waals surface area contributed by atoms with E-state index < -0.39 is 17.1 Å². The van der Waals surface area contributed by atoms with Crippen molar-refractivity contribution in [3.05, 3.63) is 91.7 Å². The van der Waals surface area contributed by atoms with Crippen LogP contribution in [0.1, 0.15) is 17.5 Å². The number of hydrogen-bond donors (Lipinski definition) is 0. The molecule has 0 aliphatic carbocycles. The number of amides is 1. The van der Waals surface area contributed by atoms with E-state index >= 15 is 0 Å². The van der Waals surface area contributed by atoms with Gasteiger partial charge in [-0.3, -0.25) is 14.2 Å². The van der Waals surface area contributed by atoms with Crippen LogP contribution in [0.2, 0.25) is 0 Å². The number of nitrogens with zero attached hydrogens (tertiary/aromatic N) is 3.